The fourth-order valence-electron chi connectivity index (χ4n) is 3.30. The van der Waals surface area contributed by atoms with E-state index in [0.717, 1.165) is 36.2 Å². The maximum atomic E-state index is 12.7. The lowest BCUT2D eigenvalue weighted by Gasteiger charge is -2.31. The Morgan fingerprint density at radius 3 is 3.12 bits per heavy atom. The van der Waals surface area contributed by atoms with Crippen molar-refractivity contribution in [2.24, 2.45) is 0 Å². The normalized spacial score (nSPS) is 18.2. The van der Waals surface area contributed by atoms with Crippen molar-refractivity contribution in [1.29, 1.82) is 0 Å². The Labute approximate surface area is 143 Å². The predicted octanol–water partition coefficient (Wildman–Crippen LogP) is 2.93. The first-order valence-corrected chi connectivity index (χ1v) is 8.91. The standard InChI is InChI=1S/C17H19N5OS/c1-10-4-5-13-14(7-10)20-16(19-13)11-3-2-6-22(8-11)17(23)12-9-24-21-15(12)18/h4-5,7,9,11H,2-3,6,8H2,1H3,(H2,18,21)(H,19,20)/t11-/m0/s1. The molecule has 1 aliphatic rings. The van der Waals surface area contributed by atoms with Crippen LogP contribution in [0.1, 0.15) is 40.5 Å². The molecule has 0 bridgehead atoms. The minimum absolute atomic E-state index is 0.0297. The molecule has 0 spiro atoms. The molecule has 3 aromatic rings. The van der Waals surface area contributed by atoms with Crippen LogP contribution in [0.5, 0.6) is 0 Å². The van der Waals surface area contributed by atoms with Crippen LogP contribution >= 0.6 is 11.5 Å². The number of carbonyl (C=O) groups is 1. The van der Waals surface area contributed by atoms with Crippen LogP contribution in [0.4, 0.5) is 5.82 Å². The lowest BCUT2D eigenvalue weighted by molar-refractivity contribution is 0.0706. The number of hydrogen-bond donors (Lipinski definition) is 2. The zero-order valence-corrected chi connectivity index (χ0v) is 14.3. The number of aromatic amines is 1. The summed E-state index contributed by atoms with van der Waals surface area (Å²) >= 11 is 1.22. The Morgan fingerprint density at radius 2 is 2.33 bits per heavy atom. The number of aryl methyl sites for hydroxylation is 1. The average molecular weight is 341 g/mol. The highest BCUT2D eigenvalue weighted by molar-refractivity contribution is 7.04. The molecule has 1 atom stereocenters. The summed E-state index contributed by atoms with van der Waals surface area (Å²) in [6, 6.07) is 6.21. The van der Waals surface area contributed by atoms with Crippen molar-refractivity contribution in [2.75, 3.05) is 18.8 Å². The summed E-state index contributed by atoms with van der Waals surface area (Å²) in [5, 5.41) is 1.73. The second-order valence-electron chi connectivity index (χ2n) is 6.35. The van der Waals surface area contributed by atoms with E-state index in [1.54, 1.807) is 5.38 Å². The molecule has 4 rings (SSSR count). The van der Waals surface area contributed by atoms with Crippen LogP contribution in [-0.2, 0) is 0 Å². The number of rotatable bonds is 2. The predicted molar refractivity (Wildman–Crippen MR) is 95.2 cm³/mol. The van der Waals surface area contributed by atoms with Crippen LogP contribution in [0.15, 0.2) is 23.6 Å². The number of nitrogen functional groups attached to an aromatic ring is 1. The first kappa shape index (κ1) is 15.1. The van der Waals surface area contributed by atoms with Gasteiger partial charge in [0, 0.05) is 24.4 Å². The monoisotopic (exact) mass is 341 g/mol. The third kappa shape index (κ3) is 2.65. The number of hydrogen-bond acceptors (Lipinski definition) is 5. The van der Waals surface area contributed by atoms with Gasteiger partial charge in [-0.2, -0.15) is 4.37 Å². The van der Waals surface area contributed by atoms with Gasteiger partial charge in [0.15, 0.2) is 0 Å². The van der Waals surface area contributed by atoms with Crippen molar-refractivity contribution in [3.05, 3.63) is 40.5 Å². The zero-order valence-electron chi connectivity index (χ0n) is 13.5. The van der Waals surface area contributed by atoms with Crippen molar-refractivity contribution in [1.82, 2.24) is 19.2 Å². The van der Waals surface area contributed by atoms with Gasteiger partial charge in [-0.3, -0.25) is 4.79 Å². The van der Waals surface area contributed by atoms with E-state index in [0.29, 0.717) is 17.9 Å². The third-order valence-corrected chi connectivity index (χ3v) is 5.22. The molecular weight excluding hydrogens is 322 g/mol. The number of H-pyrrole nitrogens is 1. The molecule has 1 fully saturated rings. The van der Waals surface area contributed by atoms with Crippen molar-refractivity contribution in [3.63, 3.8) is 0 Å². The van der Waals surface area contributed by atoms with Gasteiger partial charge in [0.25, 0.3) is 5.91 Å². The van der Waals surface area contributed by atoms with Crippen LogP contribution in [0.25, 0.3) is 11.0 Å². The minimum Gasteiger partial charge on any atom is -0.382 e. The van der Waals surface area contributed by atoms with Gasteiger partial charge in [-0.15, -0.1) is 0 Å². The highest BCUT2D eigenvalue weighted by Crippen LogP contribution is 2.28. The number of benzene rings is 1. The van der Waals surface area contributed by atoms with E-state index in [4.69, 9.17) is 10.7 Å². The SMILES string of the molecule is Cc1ccc2nc([C@H]3CCCN(C(=O)c4csnc4N)C3)[nH]c2c1. The van der Waals surface area contributed by atoms with Crippen molar-refractivity contribution < 1.29 is 4.79 Å². The van der Waals surface area contributed by atoms with Gasteiger partial charge in [0.1, 0.15) is 11.6 Å². The van der Waals surface area contributed by atoms with Crippen LogP contribution in [-0.4, -0.2) is 38.2 Å². The second-order valence-corrected chi connectivity index (χ2v) is 6.98. The number of likely N-dealkylation sites (tertiary alicyclic amines) is 1. The molecule has 6 nitrogen and oxygen atoms in total. The number of amides is 1. The third-order valence-electron chi connectivity index (χ3n) is 4.58. The highest BCUT2D eigenvalue weighted by Gasteiger charge is 2.28. The molecule has 1 aliphatic heterocycles. The van der Waals surface area contributed by atoms with E-state index in [1.807, 2.05) is 11.0 Å². The van der Waals surface area contributed by atoms with Gasteiger partial charge in [0.05, 0.1) is 16.6 Å². The molecule has 3 N–H and O–H groups in total. The number of nitrogens with zero attached hydrogens (tertiary/aromatic N) is 3. The summed E-state index contributed by atoms with van der Waals surface area (Å²) in [7, 11) is 0. The lowest BCUT2D eigenvalue weighted by atomic mass is 9.97. The molecule has 1 amide bonds. The van der Waals surface area contributed by atoms with Crippen LogP contribution < -0.4 is 5.73 Å². The Hall–Kier alpha value is -2.41. The number of anilines is 1. The average Bonchev–Trinajstić information content (AvgIpc) is 3.20. The van der Waals surface area contributed by atoms with Crippen molar-refractivity contribution >= 4 is 34.3 Å². The topological polar surface area (TPSA) is 87.9 Å². The summed E-state index contributed by atoms with van der Waals surface area (Å²) in [6.07, 6.45) is 1.99. The fraction of sp³-hybridized carbons (Fsp3) is 0.353. The highest BCUT2D eigenvalue weighted by atomic mass is 32.1. The van der Waals surface area contributed by atoms with E-state index in [2.05, 4.69) is 28.4 Å². The molecular formula is C17H19N5OS. The first-order chi connectivity index (χ1) is 11.6. The van der Waals surface area contributed by atoms with Crippen molar-refractivity contribution in [2.45, 2.75) is 25.7 Å². The van der Waals surface area contributed by atoms with Gasteiger partial charge in [-0.25, -0.2) is 4.98 Å². The summed E-state index contributed by atoms with van der Waals surface area (Å²) in [5.74, 6) is 1.48. The van der Waals surface area contributed by atoms with Gasteiger partial charge < -0.3 is 15.6 Å². The number of nitrogens with one attached hydrogen (secondary N) is 1. The van der Waals surface area contributed by atoms with Crippen molar-refractivity contribution in [3.8, 4) is 0 Å². The second kappa shape index (κ2) is 5.90. The summed E-state index contributed by atoms with van der Waals surface area (Å²) in [6.45, 7) is 3.48. The molecule has 2 aromatic heterocycles. The summed E-state index contributed by atoms with van der Waals surface area (Å²) in [5.41, 5.74) is 9.55. The Balaban J connectivity index is 1.57. The number of nitrogens with two attached hydrogens (primary N) is 1. The summed E-state index contributed by atoms with van der Waals surface area (Å²) in [4.78, 5) is 22.7. The molecule has 124 valence electrons. The van der Waals surface area contributed by atoms with Gasteiger partial charge in [-0.1, -0.05) is 6.07 Å². The Kier molecular flexibility index (Phi) is 3.72. The van der Waals surface area contributed by atoms with Crippen LogP contribution in [0.2, 0.25) is 0 Å². The number of piperidine rings is 1. The van der Waals surface area contributed by atoms with Crippen LogP contribution in [0.3, 0.4) is 0 Å². The van der Waals surface area contributed by atoms with Gasteiger partial charge in [0.2, 0.25) is 0 Å². The van der Waals surface area contributed by atoms with E-state index >= 15 is 0 Å². The van der Waals surface area contributed by atoms with E-state index in [1.165, 1.54) is 17.1 Å². The molecule has 1 saturated heterocycles. The first-order valence-electron chi connectivity index (χ1n) is 8.07. The maximum absolute atomic E-state index is 12.7. The maximum Gasteiger partial charge on any atom is 0.258 e. The summed E-state index contributed by atoms with van der Waals surface area (Å²) < 4.78 is 4.00. The molecule has 0 aliphatic carbocycles. The molecule has 24 heavy (non-hydrogen) atoms. The fourth-order valence-corrected chi connectivity index (χ4v) is 3.89. The van der Waals surface area contributed by atoms with E-state index < -0.39 is 0 Å². The van der Waals surface area contributed by atoms with Gasteiger partial charge in [-0.05, 0) is 49.0 Å². The number of aromatic nitrogens is 3. The Morgan fingerprint density at radius 1 is 1.46 bits per heavy atom. The molecule has 0 unspecified atom stereocenters. The van der Waals surface area contributed by atoms with E-state index in [9.17, 15) is 4.79 Å². The van der Waals surface area contributed by atoms with Crippen LogP contribution in [0, 0.1) is 6.92 Å². The zero-order chi connectivity index (χ0) is 16.7. The smallest absolute Gasteiger partial charge is 0.258 e. The number of carbonyl (C=O) groups excluding carboxylic acids is 1. The number of imidazole rings is 1. The van der Waals surface area contributed by atoms with E-state index in [-0.39, 0.29) is 11.8 Å². The number of fused-ring (bicyclic) bond motifs is 1. The molecule has 0 radical (unpaired) electrons. The largest absolute Gasteiger partial charge is 0.382 e. The Bertz CT molecular complexity index is 899. The quantitative estimate of drug-likeness (QED) is 0.750. The molecule has 7 heteroatoms. The molecule has 3 heterocycles. The lowest BCUT2D eigenvalue weighted by Crippen LogP contribution is -2.39. The van der Waals surface area contributed by atoms with Gasteiger partial charge >= 0.3 is 0 Å². The molecule has 1 aromatic carbocycles. The molecule has 0 saturated carbocycles. The minimum atomic E-state index is -0.0297.